The summed E-state index contributed by atoms with van der Waals surface area (Å²) in [5, 5.41) is 0.697. The SMILES string of the molecule is CCCn1ccnc1CC(N)COc1ccc(Cl)cc1. The van der Waals surface area contributed by atoms with Crippen LogP contribution in [-0.2, 0) is 13.0 Å². The van der Waals surface area contributed by atoms with Crippen molar-refractivity contribution < 1.29 is 4.74 Å². The lowest BCUT2D eigenvalue weighted by atomic mass is 10.2. The molecule has 0 radical (unpaired) electrons. The van der Waals surface area contributed by atoms with Crippen LogP contribution in [-0.4, -0.2) is 22.2 Å². The highest BCUT2D eigenvalue weighted by Crippen LogP contribution is 2.15. The van der Waals surface area contributed by atoms with Crippen LogP contribution >= 0.6 is 11.6 Å². The van der Waals surface area contributed by atoms with E-state index in [0.717, 1.165) is 24.5 Å². The van der Waals surface area contributed by atoms with Crippen molar-refractivity contribution in [3.63, 3.8) is 0 Å². The van der Waals surface area contributed by atoms with Crippen molar-refractivity contribution in [1.82, 2.24) is 9.55 Å². The van der Waals surface area contributed by atoms with Gasteiger partial charge in [-0.15, -0.1) is 0 Å². The predicted molar refractivity (Wildman–Crippen MR) is 81.1 cm³/mol. The van der Waals surface area contributed by atoms with E-state index >= 15 is 0 Å². The quantitative estimate of drug-likeness (QED) is 0.854. The van der Waals surface area contributed by atoms with Crippen molar-refractivity contribution >= 4 is 11.6 Å². The summed E-state index contributed by atoms with van der Waals surface area (Å²) in [6, 6.07) is 7.20. The summed E-state index contributed by atoms with van der Waals surface area (Å²) in [7, 11) is 0. The summed E-state index contributed by atoms with van der Waals surface area (Å²) < 4.78 is 7.79. The average molecular weight is 294 g/mol. The zero-order valence-electron chi connectivity index (χ0n) is 11.6. The Hall–Kier alpha value is -1.52. The monoisotopic (exact) mass is 293 g/mol. The molecule has 5 heteroatoms. The number of ether oxygens (including phenoxy) is 1. The number of halogens is 1. The molecule has 1 aromatic heterocycles. The second-order valence-electron chi connectivity index (χ2n) is 4.77. The molecule has 0 aliphatic rings. The molecule has 0 amide bonds. The second kappa shape index (κ2) is 7.31. The fourth-order valence-corrected chi connectivity index (χ4v) is 2.13. The van der Waals surface area contributed by atoms with E-state index in [1.54, 1.807) is 12.1 Å². The molecule has 2 aromatic rings. The summed E-state index contributed by atoms with van der Waals surface area (Å²) in [6.45, 7) is 3.58. The van der Waals surface area contributed by atoms with Crippen molar-refractivity contribution in [2.75, 3.05) is 6.61 Å². The van der Waals surface area contributed by atoms with Gasteiger partial charge in [-0.1, -0.05) is 18.5 Å². The first kappa shape index (κ1) is 14.9. The Balaban J connectivity index is 1.84. The molecule has 1 atom stereocenters. The van der Waals surface area contributed by atoms with Crippen LogP contribution < -0.4 is 10.5 Å². The molecule has 2 rings (SSSR count). The number of nitrogens with two attached hydrogens (primary N) is 1. The number of hydrogen-bond donors (Lipinski definition) is 1. The average Bonchev–Trinajstić information content (AvgIpc) is 2.86. The molecule has 20 heavy (non-hydrogen) atoms. The topological polar surface area (TPSA) is 53.1 Å². The van der Waals surface area contributed by atoms with Crippen molar-refractivity contribution in [2.24, 2.45) is 5.73 Å². The molecule has 108 valence electrons. The maximum atomic E-state index is 6.10. The first-order valence-electron chi connectivity index (χ1n) is 6.83. The van der Waals surface area contributed by atoms with Gasteiger partial charge in [-0.3, -0.25) is 0 Å². The second-order valence-corrected chi connectivity index (χ2v) is 5.20. The molecule has 0 fully saturated rings. The summed E-state index contributed by atoms with van der Waals surface area (Å²) in [6.07, 6.45) is 5.60. The van der Waals surface area contributed by atoms with E-state index in [1.165, 1.54) is 0 Å². The highest BCUT2D eigenvalue weighted by atomic mass is 35.5. The number of benzene rings is 1. The Kier molecular flexibility index (Phi) is 5.44. The van der Waals surface area contributed by atoms with E-state index in [0.29, 0.717) is 18.1 Å². The Bertz CT molecular complexity index is 524. The van der Waals surface area contributed by atoms with Crippen LogP contribution in [0.1, 0.15) is 19.2 Å². The number of nitrogens with zero attached hydrogens (tertiary/aromatic N) is 2. The predicted octanol–water partition coefficient (Wildman–Crippen LogP) is 2.90. The molecule has 4 nitrogen and oxygen atoms in total. The van der Waals surface area contributed by atoms with Crippen LogP contribution in [0.15, 0.2) is 36.7 Å². The summed E-state index contributed by atoms with van der Waals surface area (Å²) >= 11 is 5.83. The summed E-state index contributed by atoms with van der Waals surface area (Å²) in [4.78, 5) is 4.35. The van der Waals surface area contributed by atoms with Gasteiger partial charge in [0, 0.05) is 36.4 Å². The minimum Gasteiger partial charge on any atom is -0.492 e. The highest BCUT2D eigenvalue weighted by molar-refractivity contribution is 6.30. The van der Waals surface area contributed by atoms with Gasteiger partial charge in [0.2, 0.25) is 0 Å². The lowest BCUT2D eigenvalue weighted by Crippen LogP contribution is -2.31. The first-order chi connectivity index (χ1) is 9.69. The van der Waals surface area contributed by atoms with Crippen LogP contribution in [0.4, 0.5) is 0 Å². The number of imidazole rings is 1. The van der Waals surface area contributed by atoms with E-state index in [1.807, 2.05) is 24.5 Å². The summed E-state index contributed by atoms with van der Waals surface area (Å²) in [5.74, 6) is 1.79. The normalized spacial score (nSPS) is 12.3. The Morgan fingerprint density at radius 1 is 1.35 bits per heavy atom. The molecule has 0 aliphatic carbocycles. The molecule has 1 heterocycles. The fraction of sp³-hybridized carbons (Fsp3) is 0.400. The third-order valence-electron chi connectivity index (χ3n) is 2.99. The van der Waals surface area contributed by atoms with E-state index in [2.05, 4.69) is 16.5 Å². The smallest absolute Gasteiger partial charge is 0.119 e. The Morgan fingerprint density at radius 3 is 2.80 bits per heavy atom. The molecule has 0 bridgehead atoms. The van der Waals surface area contributed by atoms with E-state index in [9.17, 15) is 0 Å². The van der Waals surface area contributed by atoms with Crippen LogP contribution in [0.25, 0.3) is 0 Å². The van der Waals surface area contributed by atoms with Gasteiger partial charge in [0.25, 0.3) is 0 Å². The van der Waals surface area contributed by atoms with E-state index in [4.69, 9.17) is 22.1 Å². The molecule has 2 N–H and O–H groups in total. The van der Waals surface area contributed by atoms with Gasteiger partial charge in [0.05, 0.1) is 0 Å². The Labute approximate surface area is 124 Å². The largest absolute Gasteiger partial charge is 0.492 e. The number of hydrogen-bond acceptors (Lipinski definition) is 3. The van der Waals surface area contributed by atoms with Crippen molar-refractivity contribution in [3.05, 3.63) is 47.5 Å². The van der Waals surface area contributed by atoms with Crippen LogP contribution in [0.5, 0.6) is 5.75 Å². The highest BCUT2D eigenvalue weighted by Gasteiger charge is 2.09. The van der Waals surface area contributed by atoms with Crippen LogP contribution in [0, 0.1) is 0 Å². The molecular formula is C15H20ClN3O. The van der Waals surface area contributed by atoms with E-state index in [-0.39, 0.29) is 6.04 Å². The molecule has 0 aliphatic heterocycles. The third kappa shape index (κ3) is 4.25. The van der Waals surface area contributed by atoms with Gasteiger partial charge in [-0.25, -0.2) is 4.98 Å². The zero-order chi connectivity index (χ0) is 14.4. The lowest BCUT2D eigenvalue weighted by Gasteiger charge is -2.14. The summed E-state index contributed by atoms with van der Waals surface area (Å²) in [5.41, 5.74) is 6.10. The standard InChI is InChI=1S/C15H20ClN3O/c1-2-8-19-9-7-18-15(19)10-13(17)11-20-14-5-3-12(16)4-6-14/h3-7,9,13H,2,8,10-11,17H2,1H3. The molecule has 1 aromatic carbocycles. The molecule has 0 spiro atoms. The minimum atomic E-state index is -0.0799. The third-order valence-corrected chi connectivity index (χ3v) is 3.24. The maximum Gasteiger partial charge on any atom is 0.119 e. The van der Waals surface area contributed by atoms with Crippen molar-refractivity contribution in [1.29, 1.82) is 0 Å². The number of rotatable bonds is 7. The van der Waals surface area contributed by atoms with Crippen molar-refractivity contribution in [3.8, 4) is 5.75 Å². The zero-order valence-corrected chi connectivity index (χ0v) is 12.4. The Morgan fingerprint density at radius 2 is 2.10 bits per heavy atom. The van der Waals surface area contributed by atoms with Gasteiger partial charge in [0.15, 0.2) is 0 Å². The molecule has 0 saturated carbocycles. The van der Waals surface area contributed by atoms with Gasteiger partial charge < -0.3 is 15.0 Å². The number of aromatic nitrogens is 2. The van der Waals surface area contributed by atoms with Gasteiger partial charge in [-0.2, -0.15) is 0 Å². The first-order valence-corrected chi connectivity index (χ1v) is 7.20. The lowest BCUT2D eigenvalue weighted by molar-refractivity contribution is 0.285. The molecular weight excluding hydrogens is 274 g/mol. The van der Waals surface area contributed by atoms with Gasteiger partial charge in [0.1, 0.15) is 18.2 Å². The minimum absolute atomic E-state index is 0.0799. The maximum absolute atomic E-state index is 6.10. The van der Waals surface area contributed by atoms with E-state index < -0.39 is 0 Å². The molecule has 1 unspecified atom stereocenters. The van der Waals surface area contributed by atoms with Crippen LogP contribution in [0.3, 0.4) is 0 Å². The molecule has 0 saturated heterocycles. The van der Waals surface area contributed by atoms with Crippen molar-refractivity contribution in [2.45, 2.75) is 32.4 Å². The van der Waals surface area contributed by atoms with Gasteiger partial charge in [-0.05, 0) is 30.7 Å². The fourth-order valence-electron chi connectivity index (χ4n) is 2.00. The van der Waals surface area contributed by atoms with Gasteiger partial charge >= 0.3 is 0 Å². The number of aryl methyl sites for hydroxylation is 1. The van der Waals surface area contributed by atoms with Crippen LogP contribution in [0.2, 0.25) is 5.02 Å².